The summed E-state index contributed by atoms with van der Waals surface area (Å²) in [6.45, 7) is 4.06. The summed E-state index contributed by atoms with van der Waals surface area (Å²) in [5.41, 5.74) is 2.53. The summed E-state index contributed by atoms with van der Waals surface area (Å²) < 4.78 is 12.9. The molecule has 7 nitrogen and oxygen atoms in total. The maximum Gasteiger partial charge on any atom is 0.309 e. The van der Waals surface area contributed by atoms with Gasteiger partial charge < -0.3 is 14.4 Å². The molecule has 4 rings (SSSR count). The molecule has 1 amide bonds. The number of nitrogens with zero attached hydrogens (tertiary/aromatic N) is 3. The van der Waals surface area contributed by atoms with Crippen LogP contribution in [0.25, 0.3) is 0 Å². The van der Waals surface area contributed by atoms with Gasteiger partial charge in [-0.25, -0.2) is 0 Å². The molecule has 0 aliphatic carbocycles. The third kappa shape index (κ3) is 5.80. The van der Waals surface area contributed by atoms with E-state index in [9.17, 15) is 9.59 Å². The number of ether oxygens (including phenoxy) is 2. The normalized spacial score (nSPS) is 14.2. The van der Waals surface area contributed by atoms with E-state index < -0.39 is 0 Å². The summed E-state index contributed by atoms with van der Waals surface area (Å²) in [6, 6.07) is 19.8. The Morgan fingerprint density at radius 1 is 0.970 bits per heavy atom. The predicted molar refractivity (Wildman–Crippen MR) is 124 cm³/mol. The highest BCUT2D eigenvalue weighted by Crippen LogP contribution is 2.25. The zero-order valence-corrected chi connectivity index (χ0v) is 18.9. The molecule has 1 aromatic heterocycles. The molecule has 0 N–H and O–H groups in total. The fourth-order valence-electron chi connectivity index (χ4n) is 3.98. The monoisotopic (exact) mass is 447 g/mol. The molecular formula is C26H29N3O4. The zero-order valence-electron chi connectivity index (χ0n) is 18.9. The van der Waals surface area contributed by atoms with Gasteiger partial charge in [0.2, 0.25) is 5.88 Å². The Hall–Kier alpha value is -3.61. The number of benzene rings is 2. The maximum absolute atomic E-state index is 13.4. The van der Waals surface area contributed by atoms with Crippen molar-refractivity contribution in [3.8, 4) is 5.88 Å². The van der Waals surface area contributed by atoms with Crippen LogP contribution in [0.2, 0.25) is 0 Å². The van der Waals surface area contributed by atoms with E-state index >= 15 is 0 Å². The minimum absolute atomic E-state index is 0.125. The Bertz CT molecular complexity index is 1060. The maximum atomic E-state index is 13.4. The number of aromatic nitrogens is 2. The molecule has 2 heterocycles. The minimum Gasteiger partial charge on any atom is -0.471 e. The quantitative estimate of drug-likeness (QED) is 0.489. The van der Waals surface area contributed by atoms with Crippen LogP contribution in [0.1, 0.15) is 41.3 Å². The molecule has 0 atom stereocenters. The molecule has 1 fully saturated rings. The van der Waals surface area contributed by atoms with Gasteiger partial charge in [0.15, 0.2) is 0 Å². The number of piperidine rings is 1. The molecule has 0 spiro atoms. The Balaban J connectivity index is 1.49. The van der Waals surface area contributed by atoms with Gasteiger partial charge in [-0.2, -0.15) is 0 Å². The van der Waals surface area contributed by atoms with Gasteiger partial charge in [0, 0.05) is 19.3 Å². The van der Waals surface area contributed by atoms with E-state index in [1.54, 1.807) is 22.7 Å². The van der Waals surface area contributed by atoms with E-state index in [-0.39, 0.29) is 17.8 Å². The third-order valence-corrected chi connectivity index (χ3v) is 5.77. The molecule has 33 heavy (non-hydrogen) atoms. The summed E-state index contributed by atoms with van der Waals surface area (Å²) >= 11 is 0. The smallest absolute Gasteiger partial charge is 0.309 e. The second-order valence-corrected chi connectivity index (χ2v) is 8.12. The van der Waals surface area contributed by atoms with Crippen molar-refractivity contribution < 1.29 is 19.1 Å². The summed E-state index contributed by atoms with van der Waals surface area (Å²) in [4.78, 5) is 27.2. The number of likely N-dealkylation sites (tertiary alicyclic amines) is 1. The highest BCUT2D eigenvalue weighted by molar-refractivity contribution is 5.96. The number of carbonyl (C=O) groups excluding carboxylic acids is 2. The van der Waals surface area contributed by atoms with Gasteiger partial charge in [-0.1, -0.05) is 60.7 Å². The Morgan fingerprint density at radius 3 is 2.24 bits per heavy atom. The molecule has 0 unspecified atom stereocenters. The number of amides is 1. The number of rotatable bonds is 8. The standard InChI is InChI=1S/C26H29N3O4/c1-2-32-26(31)22-13-15-28(16-14-22)25(30)23-18-29(17-20-9-5-3-6-10-20)27-24(23)33-19-21-11-7-4-8-12-21/h3-12,18,22H,2,13-17,19H2,1H3. The average molecular weight is 448 g/mol. The lowest BCUT2D eigenvalue weighted by atomic mass is 9.96. The first-order valence-electron chi connectivity index (χ1n) is 11.4. The molecular weight excluding hydrogens is 418 g/mol. The first kappa shape index (κ1) is 22.6. The van der Waals surface area contributed by atoms with Crippen LogP contribution in [-0.4, -0.2) is 46.3 Å². The van der Waals surface area contributed by atoms with Crippen LogP contribution in [0.5, 0.6) is 5.88 Å². The number of esters is 1. The van der Waals surface area contributed by atoms with Crippen molar-refractivity contribution in [1.82, 2.24) is 14.7 Å². The number of carbonyl (C=O) groups is 2. The van der Waals surface area contributed by atoms with E-state index in [4.69, 9.17) is 9.47 Å². The summed E-state index contributed by atoms with van der Waals surface area (Å²) in [5, 5.41) is 4.58. The van der Waals surface area contributed by atoms with Gasteiger partial charge >= 0.3 is 5.97 Å². The van der Waals surface area contributed by atoms with E-state index in [1.165, 1.54) is 0 Å². The zero-order chi connectivity index (χ0) is 23.0. The number of hydrogen-bond donors (Lipinski definition) is 0. The Kier molecular flexibility index (Phi) is 7.40. The van der Waals surface area contributed by atoms with Crippen molar-refractivity contribution in [2.45, 2.75) is 32.9 Å². The van der Waals surface area contributed by atoms with Crippen LogP contribution in [-0.2, 0) is 22.7 Å². The van der Waals surface area contributed by atoms with Gasteiger partial charge in [0.05, 0.1) is 19.1 Å². The molecule has 1 aliphatic heterocycles. The van der Waals surface area contributed by atoms with Crippen LogP contribution in [0, 0.1) is 5.92 Å². The van der Waals surface area contributed by atoms with Gasteiger partial charge in [0.1, 0.15) is 12.2 Å². The average Bonchev–Trinajstić information content (AvgIpc) is 3.26. The largest absolute Gasteiger partial charge is 0.471 e. The number of hydrogen-bond acceptors (Lipinski definition) is 5. The van der Waals surface area contributed by atoms with Crippen molar-refractivity contribution in [2.75, 3.05) is 19.7 Å². The summed E-state index contributed by atoms with van der Waals surface area (Å²) in [5.74, 6) is -0.122. The molecule has 0 saturated carbocycles. The van der Waals surface area contributed by atoms with Crippen LogP contribution in [0.4, 0.5) is 0 Å². The first-order chi connectivity index (χ1) is 16.1. The third-order valence-electron chi connectivity index (χ3n) is 5.77. The lowest BCUT2D eigenvalue weighted by Crippen LogP contribution is -2.40. The second-order valence-electron chi connectivity index (χ2n) is 8.12. The van der Waals surface area contributed by atoms with E-state index in [0.717, 1.165) is 11.1 Å². The molecule has 0 bridgehead atoms. The highest BCUT2D eigenvalue weighted by Gasteiger charge is 2.31. The second kappa shape index (κ2) is 10.8. The fourth-order valence-corrected chi connectivity index (χ4v) is 3.98. The molecule has 1 saturated heterocycles. The van der Waals surface area contributed by atoms with E-state index in [0.29, 0.717) is 57.1 Å². The first-order valence-corrected chi connectivity index (χ1v) is 11.4. The van der Waals surface area contributed by atoms with Crippen molar-refractivity contribution in [1.29, 1.82) is 0 Å². The van der Waals surface area contributed by atoms with Gasteiger partial charge in [-0.3, -0.25) is 14.3 Å². The van der Waals surface area contributed by atoms with Gasteiger partial charge in [0.25, 0.3) is 5.91 Å². The molecule has 2 aromatic carbocycles. The molecule has 1 aliphatic rings. The van der Waals surface area contributed by atoms with E-state index in [2.05, 4.69) is 5.10 Å². The van der Waals surface area contributed by atoms with Crippen molar-refractivity contribution in [3.63, 3.8) is 0 Å². The molecule has 0 radical (unpaired) electrons. The Morgan fingerprint density at radius 2 is 1.61 bits per heavy atom. The minimum atomic E-state index is -0.174. The van der Waals surface area contributed by atoms with Crippen molar-refractivity contribution in [2.24, 2.45) is 5.92 Å². The van der Waals surface area contributed by atoms with Crippen LogP contribution < -0.4 is 4.74 Å². The molecule has 172 valence electrons. The SMILES string of the molecule is CCOC(=O)C1CCN(C(=O)c2cn(Cc3ccccc3)nc2OCc2ccccc2)CC1. The lowest BCUT2D eigenvalue weighted by molar-refractivity contribution is -0.149. The fraction of sp³-hybridized carbons (Fsp3) is 0.346. The van der Waals surface area contributed by atoms with Crippen LogP contribution in [0.3, 0.4) is 0 Å². The highest BCUT2D eigenvalue weighted by atomic mass is 16.5. The summed E-state index contributed by atoms with van der Waals surface area (Å²) in [6.07, 6.45) is 2.96. The van der Waals surface area contributed by atoms with Crippen molar-refractivity contribution >= 4 is 11.9 Å². The predicted octanol–water partition coefficient (Wildman–Crippen LogP) is 3.93. The van der Waals surface area contributed by atoms with Crippen LogP contribution in [0.15, 0.2) is 66.9 Å². The van der Waals surface area contributed by atoms with Gasteiger partial charge in [-0.15, -0.1) is 5.10 Å². The lowest BCUT2D eigenvalue weighted by Gasteiger charge is -2.30. The van der Waals surface area contributed by atoms with Crippen molar-refractivity contribution in [3.05, 3.63) is 83.6 Å². The molecule has 7 heteroatoms. The summed E-state index contributed by atoms with van der Waals surface area (Å²) in [7, 11) is 0. The Labute approximate surface area is 193 Å². The van der Waals surface area contributed by atoms with E-state index in [1.807, 2.05) is 60.7 Å². The molecule has 3 aromatic rings. The van der Waals surface area contributed by atoms with Gasteiger partial charge in [-0.05, 0) is 30.9 Å². The topological polar surface area (TPSA) is 73.7 Å². The van der Waals surface area contributed by atoms with Crippen LogP contribution >= 0.6 is 0 Å².